The Kier molecular flexibility index (Phi) is 5.82. The van der Waals surface area contributed by atoms with Crippen molar-refractivity contribution in [1.82, 2.24) is 25.0 Å². The first-order valence-corrected chi connectivity index (χ1v) is 9.28. The molecule has 1 aromatic carbocycles. The number of carbonyl (C=O) groups is 1. The number of carbonyl (C=O) groups excluding carboxylic acids is 1. The molecule has 9 heteroatoms. The molecule has 2 aromatic rings. The van der Waals surface area contributed by atoms with E-state index < -0.39 is 0 Å². The summed E-state index contributed by atoms with van der Waals surface area (Å²) in [7, 11) is 3.66. The van der Waals surface area contributed by atoms with Gasteiger partial charge in [0.1, 0.15) is 5.75 Å². The lowest BCUT2D eigenvalue weighted by molar-refractivity contribution is -0.129. The Morgan fingerprint density at radius 3 is 2.84 bits per heavy atom. The van der Waals surface area contributed by atoms with E-state index in [2.05, 4.69) is 27.1 Å². The summed E-state index contributed by atoms with van der Waals surface area (Å²) in [5.41, 5.74) is 0.736. The first kappa shape index (κ1) is 18.0. The highest BCUT2D eigenvalue weighted by molar-refractivity contribution is 7.99. The Bertz CT molecular complexity index is 746. The van der Waals surface area contributed by atoms with Crippen LogP contribution in [0.5, 0.6) is 5.75 Å². The molecule has 0 saturated carbocycles. The number of benzene rings is 1. The molecule has 1 aliphatic heterocycles. The zero-order valence-corrected chi connectivity index (χ0v) is 15.7. The maximum atomic E-state index is 12.3. The molecule has 1 saturated heterocycles. The monoisotopic (exact) mass is 381 g/mol. The topological polar surface area (TPSA) is 74.3 Å². The lowest BCUT2D eigenvalue weighted by Crippen LogP contribution is -2.47. The van der Waals surface area contributed by atoms with Crippen molar-refractivity contribution in [2.75, 3.05) is 46.1 Å². The lowest BCUT2D eigenvalue weighted by Gasteiger charge is -2.32. The van der Waals surface area contributed by atoms with Gasteiger partial charge in [-0.2, -0.15) is 0 Å². The molecule has 0 unspecified atom stereocenters. The van der Waals surface area contributed by atoms with Crippen LogP contribution in [-0.2, 0) is 4.79 Å². The number of piperazine rings is 1. The molecule has 25 heavy (non-hydrogen) atoms. The van der Waals surface area contributed by atoms with Gasteiger partial charge in [0.15, 0.2) is 5.82 Å². The van der Waals surface area contributed by atoms with Crippen LogP contribution in [0, 0.1) is 0 Å². The molecule has 0 radical (unpaired) electrons. The van der Waals surface area contributed by atoms with Gasteiger partial charge >= 0.3 is 0 Å². The number of nitrogens with zero attached hydrogens (tertiary/aromatic N) is 4. The number of aromatic amines is 1. The number of hydrogen-bond donors (Lipinski definition) is 1. The van der Waals surface area contributed by atoms with Crippen molar-refractivity contribution in [1.29, 1.82) is 0 Å². The number of likely N-dealkylation sites (N-methyl/N-ethyl adjacent to an activating group) is 1. The smallest absolute Gasteiger partial charge is 0.233 e. The van der Waals surface area contributed by atoms with Gasteiger partial charge in [0.25, 0.3) is 0 Å². The van der Waals surface area contributed by atoms with Crippen molar-refractivity contribution in [3.63, 3.8) is 0 Å². The van der Waals surface area contributed by atoms with Crippen molar-refractivity contribution in [3.8, 4) is 17.1 Å². The predicted molar refractivity (Wildman–Crippen MR) is 98.2 cm³/mol. The zero-order chi connectivity index (χ0) is 17.8. The summed E-state index contributed by atoms with van der Waals surface area (Å²) in [6, 6.07) is 5.30. The van der Waals surface area contributed by atoms with Gasteiger partial charge in [-0.15, -0.1) is 5.10 Å². The molecular weight excluding hydrogens is 362 g/mol. The summed E-state index contributed by atoms with van der Waals surface area (Å²) in [6.07, 6.45) is 0. The fourth-order valence-electron chi connectivity index (χ4n) is 2.57. The van der Waals surface area contributed by atoms with Gasteiger partial charge in [-0.3, -0.25) is 9.89 Å². The quantitative estimate of drug-likeness (QED) is 0.798. The standard InChI is InChI=1S/C16H20ClN5O2S/c1-21-5-7-22(8-6-21)14(23)10-25-16-18-15(19-20-16)12-9-11(17)3-4-13(12)24-2/h3-4,9H,5-8,10H2,1-2H3,(H,18,19,20). The van der Waals surface area contributed by atoms with Gasteiger partial charge in [-0.25, -0.2) is 4.98 Å². The zero-order valence-electron chi connectivity index (χ0n) is 14.2. The first-order valence-electron chi connectivity index (χ1n) is 7.92. The third-order valence-corrected chi connectivity index (χ3v) is 5.13. The molecule has 0 aliphatic carbocycles. The van der Waals surface area contributed by atoms with Gasteiger partial charge in [0, 0.05) is 31.2 Å². The summed E-state index contributed by atoms with van der Waals surface area (Å²) < 4.78 is 5.33. The van der Waals surface area contributed by atoms with Crippen molar-refractivity contribution < 1.29 is 9.53 Å². The summed E-state index contributed by atoms with van der Waals surface area (Å²) in [4.78, 5) is 20.8. The van der Waals surface area contributed by atoms with Crippen LogP contribution in [0.15, 0.2) is 23.4 Å². The average Bonchev–Trinajstić information content (AvgIpc) is 3.09. The molecule has 7 nitrogen and oxygen atoms in total. The number of halogens is 1. The number of H-pyrrole nitrogens is 1. The SMILES string of the molecule is COc1ccc(Cl)cc1-c1nc(SCC(=O)N2CCN(C)CC2)n[nH]1. The molecule has 1 amide bonds. The van der Waals surface area contributed by atoms with E-state index in [-0.39, 0.29) is 5.91 Å². The van der Waals surface area contributed by atoms with Crippen LogP contribution in [-0.4, -0.2) is 77.0 Å². The molecule has 0 bridgehead atoms. The molecule has 134 valence electrons. The Morgan fingerprint density at radius 2 is 2.12 bits per heavy atom. The van der Waals surface area contributed by atoms with E-state index in [1.807, 2.05) is 4.90 Å². The number of nitrogens with one attached hydrogen (secondary N) is 1. The van der Waals surface area contributed by atoms with E-state index in [0.717, 1.165) is 31.7 Å². The van der Waals surface area contributed by atoms with Gasteiger partial charge in [0.05, 0.1) is 18.4 Å². The van der Waals surface area contributed by atoms with Gasteiger partial charge in [-0.1, -0.05) is 23.4 Å². The molecule has 1 N–H and O–H groups in total. The van der Waals surface area contributed by atoms with Crippen LogP contribution in [0.4, 0.5) is 0 Å². The Morgan fingerprint density at radius 1 is 1.36 bits per heavy atom. The number of thioether (sulfide) groups is 1. The number of hydrogen-bond acceptors (Lipinski definition) is 6. The molecule has 3 rings (SSSR count). The van der Waals surface area contributed by atoms with Crippen molar-refractivity contribution >= 4 is 29.3 Å². The van der Waals surface area contributed by atoms with Crippen LogP contribution in [0.3, 0.4) is 0 Å². The molecule has 1 aliphatic rings. The maximum Gasteiger partial charge on any atom is 0.233 e. The van der Waals surface area contributed by atoms with Crippen molar-refractivity contribution in [3.05, 3.63) is 23.2 Å². The lowest BCUT2D eigenvalue weighted by atomic mass is 10.2. The molecule has 2 heterocycles. The molecule has 0 atom stereocenters. The largest absolute Gasteiger partial charge is 0.496 e. The number of methoxy groups -OCH3 is 1. The number of rotatable bonds is 5. The van der Waals surface area contributed by atoms with E-state index in [4.69, 9.17) is 16.3 Å². The third kappa shape index (κ3) is 4.45. The average molecular weight is 382 g/mol. The molecule has 0 spiro atoms. The Labute approximate surface area is 155 Å². The maximum absolute atomic E-state index is 12.3. The second-order valence-electron chi connectivity index (χ2n) is 5.78. The van der Waals surface area contributed by atoms with Crippen LogP contribution >= 0.6 is 23.4 Å². The van der Waals surface area contributed by atoms with Gasteiger partial charge < -0.3 is 14.5 Å². The fraction of sp³-hybridized carbons (Fsp3) is 0.438. The van der Waals surface area contributed by atoms with Crippen LogP contribution in [0.1, 0.15) is 0 Å². The number of aromatic nitrogens is 3. The molecular formula is C16H20ClN5O2S. The van der Waals surface area contributed by atoms with E-state index in [0.29, 0.717) is 27.5 Å². The van der Waals surface area contributed by atoms with Crippen LogP contribution < -0.4 is 4.74 Å². The van der Waals surface area contributed by atoms with E-state index in [9.17, 15) is 4.79 Å². The van der Waals surface area contributed by atoms with E-state index in [1.54, 1.807) is 25.3 Å². The van der Waals surface area contributed by atoms with Crippen LogP contribution in [0.25, 0.3) is 11.4 Å². The third-order valence-electron chi connectivity index (χ3n) is 4.06. The summed E-state index contributed by atoms with van der Waals surface area (Å²) in [5, 5.41) is 8.17. The highest BCUT2D eigenvalue weighted by atomic mass is 35.5. The minimum absolute atomic E-state index is 0.116. The Hall–Kier alpha value is -1.77. The highest BCUT2D eigenvalue weighted by Gasteiger charge is 2.20. The van der Waals surface area contributed by atoms with Crippen LogP contribution in [0.2, 0.25) is 5.02 Å². The summed E-state index contributed by atoms with van der Waals surface area (Å²) in [5.74, 6) is 1.66. The predicted octanol–water partition coefficient (Wildman–Crippen LogP) is 2.00. The summed E-state index contributed by atoms with van der Waals surface area (Å²) >= 11 is 7.38. The van der Waals surface area contributed by atoms with Crippen molar-refractivity contribution in [2.45, 2.75) is 5.16 Å². The summed E-state index contributed by atoms with van der Waals surface area (Å²) in [6.45, 7) is 3.37. The first-order chi connectivity index (χ1) is 12.1. The second kappa shape index (κ2) is 8.07. The Balaban J connectivity index is 1.62. The minimum atomic E-state index is 0.116. The highest BCUT2D eigenvalue weighted by Crippen LogP contribution is 2.31. The number of amides is 1. The van der Waals surface area contributed by atoms with E-state index >= 15 is 0 Å². The molecule has 1 aromatic heterocycles. The van der Waals surface area contributed by atoms with Crippen molar-refractivity contribution in [2.24, 2.45) is 0 Å². The van der Waals surface area contributed by atoms with Gasteiger partial charge in [-0.05, 0) is 25.2 Å². The fourth-order valence-corrected chi connectivity index (χ4v) is 3.44. The number of ether oxygens (including phenoxy) is 1. The van der Waals surface area contributed by atoms with Gasteiger partial charge in [0.2, 0.25) is 11.1 Å². The normalized spacial score (nSPS) is 15.4. The minimum Gasteiger partial charge on any atom is -0.496 e. The van der Waals surface area contributed by atoms with E-state index in [1.165, 1.54) is 11.8 Å². The molecule has 1 fully saturated rings. The second-order valence-corrected chi connectivity index (χ2v) is 7.16.